The van der Waals surface area contributed by atoms with E-state index in [-0.39, 0.29) is 5.75 Å². The maximum absolute atomic E-state index is 12.0. The molecule has 0 saturated carbocycles. The van der Waals surface area contributed by atoms with Gasteiger partial charge in [-0.2, -0.15) is 0 Å². The van der Waals surface area contributed by atoms with Gasteiger partial charge in [-0.15, -0.1) is 0 Å². The third kappa shape index (κ3) is 6.98. The molecule has 0 aliphatic heterocycles. The van der Waals surface area contributed by atoms with Crippen molar-refractivity contribution in [2.75, 3.05) is 12.3 Å². The standard InChI is InChI=1S/C14H22Cl2N2O2S/c1-10(2)17-7-4-8-21(19,20)18-11(3)13-6-5-12(15)9-14(13)16/h5-6,9-11,17-18H,4,7-8H2,1-3H3. The molecule has 7 heteroatoms. The van der Waals surface area contributed by atoms with Gasteiger partial charge in [-0.3, -0.25) is 0 Å². The van der Waals surface area contributed by atoms with E-state index in [4.69, 9.17) is 23.2 Å². The van der Waals surface area contributed by atoms with Crippen LogP contribution in [-0.2, 0) is 10.0 Å². The first-order valence-corrected chi connectivity index (χ1v) is 9.30. The summed E-state index contributed by atoms with van der Waals surface area (Å²) in [6, 6.07) is 5.00. The Labute approximate surface area is 137 Å². The topological polar surface area (TPSA) is 58.2 Å². The van der Waals surface area contributed by atoms with Gasteiger partial charge in [0.1, 0.15) is 0 Å². The van der Waals surface area contributed by atoms with Crippen molar-refractivity contribution < 1.29 is 8.42 Å². The second-order valence-corrected chi connectivity index (χ2v) is 8.00. The summed E-state index contributed by atoms with van der Waals surface area (Å²) in [4.78, 5) is 0. The second-order valence-electron chi connectivity index (χ2n) is 5.29. The molecule has 4 nitrogen and oxygen atoms in total. The average molecular weight is 353 g/mol. The van der Waals surface area contributed by atoms with Gasteiger partial charge in [0.05, 0.1) is 5.75 Å². The Hall–Kier alpha value is -0.330. The molecule has 1 rings (SSSR count). The van der Waals surface area contributed by atoms with E-state index in [9.17, 15) is 8.42 Å². The summed E-state index contributed by atoms with van der Waals surface area (Å²) in [7, 11) is -3.34. The molecule has 0 aliphatic rings. The molecule has 1 aromatic carbocycles. The molecule has 0 radical (unpaired) electrons. The van der Waals surface area contributed by atoms with Crippen LogP contribution < -0.4 is 10.0 Å². The highest BCUT2D eigenvalue weighted by atomic mass is 35.5. The third-order valence-corrected chi connectivity index (χ3v) is 5.03. The lowest BCUT2D eigenvalue weighted by Crippen LogP contribution is -2.31. The molecule has 0 spiro atoms. The number of hydrogen-bond acceptors (Lipinski definition) is 3. The van der Waals surface area contributed by atoms with Crippen molar-refractivity contribution in [2.45, 2.75) is 39.3 Å². The Morgan fingerprint density at radius 2 is 1.86 bits per heavy atom. The fraction of sp³-hybridized carbons (Fsp3) is 0.571. The lowest BCUT2D eigenvalue weighted by atomic mass is 10.1. The molecular formula is C14H22Cl2N2O2S. The van der Waals surface area contributed by atoms with E-state index in [0.29, 0.717) is 34.6 Å². The van der Waals surface area contributed by atoms with Gasteiger partial charge in [-0.1, -0.05) is 43.1 Å². The normalized spacial score (nSPS) is 13.6. The molecule has 1 atom stereocenters. The van der Waals surface area contributed by atoms with Crippen molar-refractivity contribution >= 4 is 33.2 Å². The van der Waals surface area contributed by atoms with E-state index in [1.54, 1.807) is 25.1 Å². The van der Waals surface area contributed by atoms with Crippen LogP contribution in [0.3, 0.4) is 0 Å². The Morgan fingerprint density at radius 1 is 1.19 bits per heavy atom. The van der Waals surface area contributed by atoms with E-state index < -0.39 is 16.1 Å². The summed E-state index contributed by atoms with van der Waals surface area (Å²) in [5.74, 6) is 0.0856. The zero-order valence-electron chi connectivity index (χ0n) is 12.5. The largest absolute Gasteiger partial charge is 0.314 e. The van der Waals surface area contributed by atoms with E-state index in [1.807, 2.05) is 13.8 Å². The summed E-state index contributed by atoms with van der Waals surface area (Å²) >= 11 is 11.9. The van der Waals surface area contributed by atoms with Gasteiger partial charge >= 0.3 is 0 Å². The number of benzene rings is 1. The van der Waals surface area contributed by atoms with Crippen molar-refractivity contribution in [2.24, 2.45) is 0 Å². The Bertz CT molecular complexity index is 562. The van der Waals surface area contributed by atoms with E-state index >= 15 is 0 Å². The second kappa shape index (κ2) is 8.34. The van der Waals surface area contributed by atoms with Crippen LogP contribution in [0.15, 0.2) is 18.2 Å². The zero-order chi connectivity index (χ0) is 16.0. The van der Waals surface area contributed by atoms with Gasteiger partial charge < -0.3 is 5.32 Å². The summed E-state index contributed by atoms with van der Waals surface area (Å²) in [6.45, 7) is 6.49. The molecule has 0 aromatic heterocycles. The van der Waals surface area contributed by atoms with Crippen LogP contribution in [0.5, 0.6) is 0 Å². The first kappa shape index (κ1) is 18.7. The molecule has 0 fully saturated rings. The maximum atomic E-state index is 12.0. The molecular weight excluding hydrogens is 331 g/mol. The van der Waals surface area contributed by atoms with Crippen LogP contribution >= 0.6 is 23.2 Å². The Kier molecular flexibility index (Phi) is 7.44. The quantitative estimate of drug-likeness (QED) is 0.705. The van der Waals surface area contributed by atoms with Crippen LogP contribution in [0, 0.1) is 0 Å². The van der Waals surface area contributed by atoms with Crippen LogP contribution in [0.4, 0.5) is 0 Å². The molecule has 2 N–H and O–H groups in total. The van der Waals surface area contributed by atoms with E-state index in [0.717, 1.165) is 0 Å². The van der Waals surface area contributed by atoms with Crippen molar-refractivity contribution in [1.29, 1.82) is 0 Å². The third-order valence-electron chi connectivity index (χ3n) is 2.93. The van der Waals surface area contributed by atoms with Crippen molar-refractivity contribution in [3.63, 3.8) is 0 Å². The lowest BCUT2D eigenvalue weighted by molar-refractivity contribution is 0.552. The molecule has 0 saturated heterocycles. The fourth-order valence-electron chi connectivity index (χ4n) is 1.90. The minimum atomic E-state index is -3.34. The first-order valence-electron chi connectivity index (χ1n) is 6.89. The predicted octanol–water partition coefficient (Wildman–Crippen LogP) is 3.36. The molecule has 0 heterocycles. The smallest absolute Gasteiger partial charge is 0.212 e. The molecule has 0 amide bonds. The monoisotopic (exact) mass is 352 g/mol. The first-order chi connectivity index (χ1) is 9.71. The highest BCUT2D eigenvalue weighted by Gasteiger charge is 2.17. The summed E-state index contributed by atoms with van der Waals surface area (Å²) in [6.07, 6.45) is 0.564. The molecule has 21 heavy (non-hydrogen) atoms. The molecule has 0 aliphatic carbocycles. The SMILES string of the molecule is CC(C)NCCCS(=O)(=O)NC(C)c1ccc(Cl)cc1Cl. The fourth-order valence-corrected chi connectivity index (χ4v) is 3.78. The number of sulfonamides is 1. The van der Waals surface area contributed by atoms with E-state index in [1.165, 1.54) is 0 Å². The van der Waals surface area contributed by atoms with Gasteiger partial charge in [-0.05, 0) is 37.6 Å². The minimum absolute atomic E-state index is 0.0856. The van der Waals surface area contributed by atoms with Gasteiger partial charge in [0, 0.05) is 22.1 Å². The van der Waals surface area contributed by atoms with Gasteiger partial charge in [0.25, 0.3) is 0 Å². The Morgan fingerprint density at radius 3 is 2.43 bits per heavy atom. The van der Waals surface area contributed by atoms with Crippen LogP contribution in [-0.4, -0.2) is 26.8 Å². The van der Waals surface area contributed by atoms with Crippen molar-refractivity contribution in [3.8, 4) is 0 Å². The number of nitrogens with one attached hydrogen (secondary N) is 2. The van der Waals surface area contributed by atoms with Crippen LogP contribution in [0.1, 0.15) is 38.8 Å². The highest BCUT2D eigenvalue weighted by molar-refractivity contribution is 7.89. The molecule has 1 unspecified atom stereocenters. The summed E-state index contributed by atoms with van der Waals surface area (Å²) in [5.41, 5.74) is 0.713. The van der Waals surface area contributed by atoms with Crippen molar-refractivity contribution in [1.82, 2.24) is 10.0 Å². The van der Waals surface area contributed by atoms with Crippen molar-refractivity contribution in [3.05, 3.63) is 33.8 Å². The van der Waals surface area contributed by atoms with Gasteiger partial charge in [0.15, 0.2) is 0 Å². The van der Waals surface area contributed by atoms with Crippen LogP contribution in [0.2, 0.25) is 10.0 Å². The summed E-state index contributed by atoms with van der Waals surface area (Å²) in [5, 5.41) is 4.17. The molecule has 1 aromatic rings. The molecule has 120 valence electrons. The predicted molar refractivity (Wildman–Crippen MR) is 89.6 cm³/mol. The van der Waals surface area contributed by atoms with Crippen LogP contribution in [0.25, 0.3) is 0 Å². The highest BCUT2D eigenvalue weighted by Crippen LogP contribution is 2.26. The number of hydrogen-bond donors (Lipinski definition) is 2. The molecule has 0 bridgehead atoms. The average Bonchev–Trinajstić information content (AvgIpc) is 2.33. The maximum Gasteiger partial charge on any atom is 0.212 e. The minimum Gasteiger partial charge on any atom is -0.314 e. The zero-order valence-corrected chi connectivity index (χ0v) is 14.8. The number of rotatable bonds is 8. The van der Waals surface area contributed by atoms with E-state index in [2.05, 4.69) is 10.0 Å². The Balaban J connectivity index is 2.58. The van der Waals surface area contributed by atoms with Gasteiger partial charge in [0.2, 0.25) is 10.0 Å². The van der Waals surface area contributed by atoms with Gasteiger partial charge in [-0.25, -0.2) is 13.1 Å². The number of halogens is 2. The summed E-state index contributed by atoms with van der Waals surface area (Å²) < 4.78 is 26.7. The lowest BCUT2D eigenvalue weighted by Gasteiger charge is -2.16.